The van der Waals surface area contributed by atoms with Crippen molar-refractivity contribution < 1.29 is 0 Å². The van der Waals surface area contributed by atoms with Gasteiger partial charge >= 0.3 is 0 Å². The van der Waals surface area contributed by atoms with E-state index in [9.17, 15) is 0 Å². The molecule has 0 saturated carbocycles. The minimum Gasteiger partial charge on any atom is -0.369 e. The minimum atomic E-state index is 0.138. The number of hydrogen-bond donors (Lipinski definition) is 2. The number of nitrogens with zero attached hydrogens (tertiary/aromatic N) is 3. The van der Waals surface area contributed by atoms with Gasteiger partial charge in [0.2, 0.25) is 5.95 Å². The predicted molar refractivity (Wildman–Crippen MR) is 86.3 cm³/mol. The van der Waals surface area contributed by atoms with Crippen LogP contribution in [0.1, 0.15) is 38.8 Å². The Labute approximate surface area is 126 Å². The molecule has 1 aromatic heterocycles. The monoisotopic (exact) mass is 285 g/mol. The van der Waals surface area contributed by atoms with Gasteiger partial charge in [0, 0.05) is 6.54 Å². The van der Waals surface area contributed by atoms with Crippen molar-refractivity contribution in [2.45, 2.75) is 33.2 Å². The predicted octanol–water partition coefficient (Wildman–Crippen LogP) is 3.50. The SMILES string of the molecule is CC(C)CCNc1cnnc(NC(C)c2ccccc2)n1. The average Bonchev–Trinajstić information content (AvgIpc) is 2.48. The zero-order chi connectivity index (χ0) is 15.1. The molecule has 0 spiro atoms. The van der Waals surface area contributed by atoms with E-state index in [0.717, 1.165) is 18.8 Å². The van der Waals surface area contributed by atoms with E-state index in [1.54, 1.807) is 6.20 Å². The number of hydrogen-bond acceptors (Lipinski definition) is 5. The van der Waals surface area contributed by atoms with Crippen LogP contribution >= 0.6 is 0 Å². The van der Waals surface area contributed by atoms with Gasteiger partial charge in [-0.05, 0) is 24.8 Å². The highest BCUT2D eigenvalue weighted by atomic mass is 15.3. The third-order valence-corrected chi connectivity index (χ3v) is 3.23. The van der Waals surface area contributed by atoms with E-state index in [0.29, 0.717) is 11.9 Å². The van der Waals surface area contributed by atoms with Gasteiger partial charge in [-0.2, -0.15) is 10.1 Å². The van der Waals surface area contributed by atoms with Gasteiger partial charge in [-0.3, -0.25) is 0 Å². The van der Waals surface area contributed by atoms with E-state index in [4.69, 9.17) is 0 Å². The van der Waals surface area contributed by atoms with Crippen LogP contribution in [0.5, 0.6) is 0 Å². The lowest BCUT2D eigenvalue weighted by atomic mass is 10.1. The van der Waals surface area contributed by atoms with Crippen molar-refractivity contribution in [3.63, 3.8) is 0 Å². The van der Waals surface area contributed by atoms with Crippen LogP contribution in [0.3, 0.4) is 0 Å². The fraction of sp³-hybridized carbons (Fsp3) is 0.438. The third-order valence-electron chi connectivity index (χ3n) is 3.23. The zero-order valence-corrected chi connectivity index (χ0v) is 12.9. The first-order valence-corrected chi connectivity index (χ1v) is 7.40. The molecule has 0 aliphatic heterocycles. The second-order valence-corrected chi connectivity index (χ2v) is 5.55. The van der Waals surface area contributed by atoms with Crippen molar-refractivity contribution in [2.24, 2.45) is 5.92 Å². The molecule has 0 amide bonds. The van der Waals surface area contributed by atoms with Gasteiger partial charge in [0.1, 0.15) is 0 Å². The molecule has 0 bridgehead atoms. The summed E-state index contributed by atoms with van der Waals surface area (Å²) in [6.07, 6.45) is 2.76. The Bertz CT molecular complexity index is 541. The summed E-state index contributed by atoms with van der Waals surface area (Å²) in [5.41, 5.74) is 1.19. The number of anilines is 2. The van der Waals surface area contributed by atoms with Crippen LogP contribution in [0.15, 0.2) is 36.5 Å². The zero-order valence-electron chi connectivity index (χ0n) is 12.9. The standard InChI is InChI=1S/C16H23N5/c1-12(2)9-10-17-15-11-18-21-16(20-15)19-13(3)14-7-5-4-6-8-14/h4-8,11-13H,9-10H2,1-3H3,(H2,17,19,20,21). The maximum absolute atomic E-state index is 4.44. The fourth-order valence-electron chi connectivity index (χ4n) is 1.96. The summed E-state index contributed by atoms with van der Waals surface area (Å²) in [6.45, 7) is 7.38. The van der Waals surface area contributed by atoms with Crippen molar-refractivity contribution in [1.82, 2.24) is 15.2 Å². The van der Waals surface area contributed by atoms with Crippen LogP contribution in [0.25, 0.3) is 0 Å². The van der Waals surface area contributed by atoms with Gasteiger partial charge in [-0.1, -0.05) is 44.2 Å². The van der Waals surface area contributed by atoms with Gasteiger partial charge in [0.15, 0.2) is 5.82 Å². The molecule has 112 valence electrons. The van der Waals surface area contributed by atoms with Crippen LogP contribution in [-0.2, 0) is 0 Å². The average molecular weight is 285 g/mol. The van der Waals surface area contributed by atoms with Crippen molar-refractivity contribution >= 4 is 11.8 Å². The van der Waals surface area contributed by atoms with Gasteiger partial charge in [0.05, 0.1) is 12.2 Å². The Hall–Kier alpha value is -2.17. The molecule has 1 unspecified atom stereocenters. The highest BCUT2D eigenvalue weighted by molar-refractivity contribution is 5.38. The first kappa shape index (κ1) is 15.2. The van der Waals surface area contributed by atoms with Crippen molar-refractivity contribution in [3.05, 3.63) is 42.1 Å². The fourth-order valence-corrected chi connectivity index (χ4v) is 1.96. The molecule has 5 heteroatoms. The molecule has 1 heterocycles. The second-order valence-electron chi connectivity index (χ2n) is 5.55. The minimum absolute atomic E-state index is 0.138. The number of aromatic nitrogens is 3. The van der Waals surface area contributed by atoms with E-state index < -0.39 is 0 Å². The third kappa shape index (κ3) is 5.02. The molecule has 2 rings (SSSR count). The van der Waals surface area contributed by atoms with Gasteiger partial charge in [-0.15, -0.1) is 5.10 Å². The molecule has 5 nitrogen and oxygen atoms in total. The molecule has 2 aromatic rings. The molecular formula is C16H23N5. The molecule has 0 radical (unpaired) electrons. The maximum Gasteiger partial charge on any atom is 0.245 e. The number of nitrogens with one attached hydrogen (secondary N) is 2. The van der Waals surface area contributed by atoms with Crippen LogP contribution < -0.4 is 10.6 Å². The first-order valence-electron chi connectivity index (χ1n) is 7.40. The Kier molecular flexibility index (Phi) is 5.49. The molecule has 0 aliphatic carbocycles. The first-order chi connectivity index (χ1) is 10.1. The van der Waals surface area contributed by atoms with Gasteiger partial charge < -0.3 is 10.6 Å². The molecule has 1 atom stereocenters. The lowest BCUT2D eigenvalue weighted by Crippen LogP contribution is -2.12. The summed E-state index contributed by atoms with van der Waals surface area (Å²) in [5.74, 6) is 1.97. The number of benzene rings is 1. The highest BCUT2D eigenvalue weighted by Gasteiger charge is 2.07. The Morgan fingerprint density at radius 1 is 1.10 bits per heavy atom. The molecule has 0 aliphatic rings. The van der Waals surface area contributed by atoms with E-state index in [2.05, 4.69) is 58.7 Å². The van der Waals surface area contributed by atoms with Gasteiger partial charge in [-0.25, -0.2) is 0 Å². The Balaban J connectivity index is 1.94. The highest BCUT2D eigenvalue weighted by Crippen LogP contribution is 2.16. The summed E-state index contributed by atoms with van der Waals surface area (Å²) in [4.78, 5) is 4.44. The normalized spacial score (nSPS) is 12.2. The molecule has 1 aromatic carbocycles. The van der Waals surface area contributed by atoms with Gasteiger partial charge in [0.25, 0.3) is 0 Å². The summed E-state index contributed by atoms with van der Waals surface area (Å²) in [5, 5.41) is 14.6. The molecular weight excluding hydrogens is 262 g/mol. The van der Waals surface area contributed by atoms with Crippen molar-refractivity contribution in [1.29, 1.82) is 0 Å². The summed E-state index contributed by atoms with van der Waals surface area (Å²) in [7, 11) is 0. The largest absolute Gasteiger partial charge is 0.369 e. The van der Waals surface area contributed by atoms with E-state index in [-0.39, 0.29) is 6.04 Å². The molecule has 0 saturated heterocycles. The maximum atomic E-state index is 4.44. The Morgan fingerprint density at radius 3 is 2.57 bits per heavy atom. The smallest absolute Gasteiger partial charge is 0.245 e. The van der Waals surface area contributed by atoms with Crippen molar-refractivity contribution in [3.8, 4) is 0 Å². The second kappa shape index (κ2) is 7.57. The lowest BCUT2D eigenvalue weighted by molar-refractivity contribution is 0.606. The van der Waals surface area contributed by atoms with E-state index in [1.165, 1.54) is 5.56 Å². The lowest BCUT2D eigenvalue weighted by Gasteiger charge is -2.14. The summed E-state index contributed by atoms with van der Waals surface area (Å²) in [6, 6.07) is 10.4. The quantitative estimate of drug-likeness (QED) is 0.815. The summed E-state index contributed by atoms with van der Waals surface area (Å²) < 4.78 is 0. The van der Waals surface area contributed by atoms with Crippen molar-refractivity contribution in [2.75, 3.05) is 17.2 Å². The topological polar surface area (TPSA) is 62.7 Å². The van der Waals surface area contributed by atoms with E-state index in [1.807, 2.05) is 18.2 Å². The van der Waals surface area contributed by atoms with Crippen LogP contribution in [0.4, 0.5) is 11.8 Å². The molecule has 2 N–H and O–H groups in total. The number of rotatable bonds is 7. The summed E-state index contributed by atoms with van der Waals surface area (Å²) >= 11 is 0. The van der Waals surface area contributed by atoms with Crippen LogP contribution in [0, 0.1) is 5.92 Å². The Morgan fingerprint density at radius 2 is 1.86 bits per heavy atom. The van der Waals surface area contributed by atoms with Crippen LogP contribution in [-0.4, -0.2) is 21.7 Å². The molecule has 0 fully saturated rings. The molecule has 21 heavy (non-hydrogen) atoms. The van der Waals surface area contributed by atoms with Crippen LogP contribution in [0.2, 0.25) is 0 Å². The van der Waals surface area contributed by atoms with E-state index >= 15 is 0 Å².